The van der Waals surface area contributed by atoms with Crippen LogP contribution in [0.15, 0.2) is 67.3 Å². The lowest BCUT2D eigenvalue weighted by Crippen LogP contribution is -2.24. The summed E-state index contributed by atoms with van der Waals surface area (Å²) in [6, 6.07) is 13.3. The van der Waals surface area contributed by atoms with E-state index in [1.54, 1.807) is 24.8 Å². The molecule has 138 valence electrons. The van der Waals surface area contributed by atoms with Gasteiger partial charge in [0.15, 0.2) is 0 Å². The standard InChI is InChI=1S/C21H21ClN4O/c1-26(11-8-16-6-9-23-10-7-16)19-12-18(13-24-15-19)21(27)25-14-17-4-2-3-5-20(17)22/h2-7,9-10,12-13,15H,8,11,14H2,1H3,(H,25,27). The van der Waals surface area contributed by atoms with Gasteiger partial charge in [0.1, 0.15) is 0 Å². The van der Waals surface area contributed by atoms with Crippen molar-refractivity contribution in [2.24, 2.45) is 0 Å². The zero-order chi connectivity index (χ0) is 19.1. The van der Waals surface area contributed by atoms with Crippen LogP contribution in [-0.2, 0) is 13.0 Å². The second kappa shape index (κ2) is 9.14. The molecule has 0 aliphatic heterocycles. The minimum absolute atomic E-state index is 0.174. The number of carbonyl (C=O) groups excluding carboxylic acids is 1. The smallest absolute Gasteiger partial charge is 0.253 e. The van der Waals surface area contributed by atoms with Gasteiger partial charge in [0.2, 0.25) is 0 Å². The summed E-state index contributed by atoms with van der Waals surface area (Å²) in [6.07, 6.45) is 7.81. The van der Waals surface area contributed by atoms with Gasteiger partial charge in [-0.05, 0) is 41.8 Å². The first kappa shape index (κ1) is 18.9. The summed E-state index contributed by atoms with van der Waals surface area (Å²) in [5.74, 6) is -0.174. The first-order valence-corrected chi connectivity index (χ1v) is 9.08. The predicted octanol–water partition coefficient (Wildman–Crippen LogP) is 3.74. The maximum absolute atomic E-state index is 12.5. The zero-order valence-electron chi connectivity index (χ0n) is 15.1. The summed E-state index contributed by atoms with van der Waals surface area (Å²) in [7, 11) is 1.99. The molecule has 2 heterocycles. The summed E-state index contributed by atoms with van der Waals surface area (Å²) >= 11 is 6.13. The molecule has 27 heavy (non-hydrogen) atoms. The first-order chi connectivity index (χ1) is 13.1. The number of aromatic nitrogens is 2. The highest BCUT2D eigenvalue weighted by molar-refractivity contribution is 6.31. The lowest BCUT2D eigenvalue weighted by atomic mass is 10.2. The van der Waals surface area contributed by atoms with Crippen molar-refractivity contribution in [2.75, 3.05) is 18.5 Å². The summed E-state index contributed by atoms with van der Waals surface area (Å²) in [5.41, 5.74) is 3.52. The topological polar surface area (TPSA) is 58.1 Å². The van der Waals surface area contributed by atoms with Crippen molar-refractivity contribution in [2.45, 2.75) is 13.0 Å². The highest BCUT2D eigenvalue weighted by atomic mass is 35.5. The largest absolute Gasteiger partial charge is 0.373 e. The first-order valence-electron chi connectivity index (χ1n) is 8.70. The third kappa shape index (κ3) is 5.28. The van der Waals surface area contributed by atoms with E-state index in [1.807, 2.05) is 49.5 Å². The van der Waals surface area contributed by atoms with Gasteiger partial charge in [0, 0.05) is 43.8 Å². The number of likely N-dealkylation sites (N-methyl/N-ethyl adjacent to an activating group) is 1. The van der Waals surface area contributed by atoms with E-state index >= 15 is 0 Å². The molecule has 0 aliphatic rings. The van der Waals surface area contributed by atoms with E-state index in [0.29, 0.717) is 17.1 Å². The van der Waals surface area contributed by atoms with E-state index in [2.05, 4.69) is 20.2 Å². The number of halogens is 1. The Morgan fingerprint density at radius 2 is 1.89 bits per heavy atom. The van der Waals surface area contributed by atoms with E-state index in [9.17, 15) is 4.79 Å². The predicted molar refractivity (Wildman–Crippen MR) is 108 cm³/mol. The van der Waals surface area contributed by atoms with Crippen LogP contribution >= 0.6 is 11.6 Å². The third-order valence-corrected chi connectivity index (χ3v) is 4.68. The second-order valence-electron chi connectivity index (χ2n) is 6.23. The Kier molecular flexibility index (Phi) is 6.39. The molecule has 0 spiro atoms. The molecule has 0 atom stereocenters. The van der Waals surface area contributed by atoms with Crippen LogP contribution < -0.4 is 10.2 Å². The minimum Gasteiger partial charge on any atom is -0.373 e. The number of nitrogens with zero attached hydrogens (tertiary/aromatic N) is 3. The Morgan fingerprint density at radius 1 is 1.11 bits per heavy atom. The highest BCUT2D eigenvalue weighted by Gasteiger charge is 2.10. The van der Waals surface area contributed by atoms with Gasteiger partial charge in [-0.25, -0.2) is 0 Å². The molecule has 3 aromatic rings. The van der Waals surface area contributed by atoms with Gasteiger partial charge in [-0.15, -0.1) is 0 Å². The molecule has 5 nitrogen and oxygen atoms in total. The molecule has 1 aromatic carbocycles. The van der Waals surface area contributed by atoms with Gasteiger partial charge in [-0.3, -0.25) is 14.8 Å². The van der Waals surface area contributed by atoms with Gasteiger partial charge in [-0.1, -0.05) is 29.8 Å². The molecule has 6 heteroatoms. The van der Waals surface area contributed by atoms with Crippen LogP contribution in [0.5, 0.6) is 0 Å². The monoisotopic (exact) mass is 380 g/mol. The molecule has 1 N–H and O–H groups in total. The average Bonchev–Trinajstić information content (AvgIpc) is 2.72. The van der Waals surface area contributed by atoms with Crippen LogP contribution in [0.4, 0.5) is 5.69 Å². The number of nitrogens with one attached hydrogen (secondary N) is 1. The molecule has 0 unspecified atom stereocenters. The fourth-order valence-corrected chi connectivity index (χ4v) is 2.86. The van der Waals surface area contributed by atoms with E-state index in [4.69, 9.17) is 11.6 Å². The number of hydrogen-bond donors (Lipinski definition) is 1. The average molecular weight is 381 g/mol. The van der Waals surface area contributed by atoms with Gasteiger partial charge in [0.05, 0.1) is 17.4 Å². The maximum Gasteiger partial charge on any atom is 0.253 e. The van der Waals surface area contributed by atoms with Crippen molar-refractivity contribution in [3.05, 3.63) is 89.0 Å². The molecule has 0 aliphatic carbocycles. The second-order valence-corrected chi connectivity index (χ2v) is 6.64. The molecular weight excluding hydrogens is 360 g/mol. The number of amides is 1. The van der Waals surface area contributed by atoms with Crippen LogP contribution in [0.3, 0.4) is 0 Å². The molecular formula is C21H21ClN4O. The van der Waals surface area contributed by atoms with E-state index in [0.717, 1.165) is 24.2 Å². The fraction of sp³-hybridized carbons (Fsp3) is 0.190. The van der Waals surface area contributed by atoms with Crippen LogP contribution in [0.2, 0.25) is 5.02 Å². The lowest BCUT2D eigenvalue weighted by molar-refractivity contribution is 0.0950. The van der Waals surface area contributed by atoms with Crippen LogP contribution in [0.25, 0.3) is 0 Å². The SMILES string of the molecule is CN(CCc1ccncc1)c1cncc(C(=O)NCc2ccccc2Cl)c1. The summed E-state index contributed by atoms with van der Waals surface area (Å²) in [6.45, 7) is 1.19. The molecule has 0 fully saturated rings. The molecule has 0 radical (unpaired) electrons. The van der Waals surface area contributed by atoms with Crippen molar-refractivity contribution in [1.82, 2.24) is 15.3 Å². The number of rotatable bonds is 7. The van der Waals surface area contributed by atoms with Crippen molar-refractivity contribution in [1.29, 1.82) is 0 Å². The molecule has 1 amide bonds. The molecule has 0 saturated heterocycles. The Labute approximate surface area is 164 Å². The van der Waals surface area contributed by atoms with Crippen LogP contribution in [-0.4, -0.2) is 29.5 Å². The zero-order valence-corrected chi connectivity index (χ0v) is 15.9. The van der Waals surface area contributed by atoms with Crippen molar-refractivity contribution in [3.8, 4) is 0 Å². The van der Waals surface area contributed by atoms with Crippen molar-refractivity contribution >= 4 is 23.2 Å². The maximum atomic E-state index is 12.5. The summed E-state index contributed by atoms with van der Waals surface area (Å²) in [4.78, 5) is 22.8. The number of anilines is 1. The third-order valence-electron chi connectivity index (χ3n) is 4.31. The Morgan fingerprint density at radius 3 is 2.67 bits per heavy atom. The van der Waals surface area contributed by atoms with Gasteiger partial charge in [-0.2, -0.15) is 0 Å². The summed E-state index contributed by atoms with van der Waals surface area (Å²) < 4.78 is 0. The number of benzene rings is 1. The summed E-state index contributed by atoms with van der Waals surface area (Å²) in [5, 5.41) is 3.53. The van der Waals surface area contributed by atoms with E-state index < -0.39 is 0 Å². The number of carbonyl (C=O) groups is 1. The number of pyridine rings is 2. The Hall–Kier alpha value is -2.92. The normalized spacial score (nSPS) is 10.4. The fourth-order valence-electron chi connectivity index (χ4n) is 2.66. The van der Waals surface area contributed by atoms with Gasteiger partial charge in [0.25, 0.3) is 5.91 Å². The molecule has 2 aromatic heterocycles. The van der Waals surface area contributed by atoms with Crippen molar-refractivity contribution in [3.63, 3.8) is 0 Å². The quantitative estimate of drug-likeness (QED) is 0.678. The van der Waals surface area contributed by atoms with Gasteiger partial charge < -0.3 is 10.2 Å². The van der Waals surface area contributed by atoms with E-state index in [1.165, 1.54) is 5.56 Å². The number of hydrogen-bond acceptors (Lipinski definition) is 4. The van der Waals surface area contributed by atoms with Crippen LogP contribution in [0.1, 0.15) is 21.5 Å². The van der Waals surface area contributed by atoms with Gasteiger partial charge >= 0.3 is 0 Å². The molecule has 0 saturated carbocycles. The molecule has 0 bridgehead atoms. The Bertz CT molecular complexity index is 901. The van der Waals surface area contributed by atoms with Crippen LogP contribution in [0, 0.1) is 0 Å². The lowest BCUT2D eigenvalue weighted by Gasteiger charge is -2.19. The minimum atomic E-state index is -0.174. The van der Waals surface area contributed by atoms with E-state index in [-0.39, 0.29) is 5.91 Å². The highest BCUT2D eigenvalue weighted by Crippen LogP contribution is 2.16. The Balaban J connectivity index is 1.60. The molecule has 3 rings (SSSR count). The van der Waals surface area contributed by atoms with Crippen molar-refractivity contribution < 1.29 is 4.79 Å².